The molecule has 1 heterocycles. The molecule has 2 rings (SSSR count). The van der Waals surface area contributed by atoms with Gasteiger partial charge < -0.3 is 5.73 Å². The van der Waals surface area contributed by atoms with Gasteiger partial charge in [0.25, 0.3) is 0 Å². The van der Waals surface area contributed by atoms with E-state index in [1.807, 2.05) is 24.3 Å². The lowest BCUT2D eigenvalue weighted by Crippen LogP contribution is -2.09. The maximum absolute atomic E-state index is 10.9. The maximum atomic E-state index is 10.9. The van der Waals surface area contributed by atoms with Gasteiger partial charge in [-0.05, 0) is 11.6 Å². The number of rotatable bonds is 3. The van der Waals surface area contributed by atoms with Crippen LogP contribution in [0.4, 0.5) is 0 Å². The number of carbonyl (C=O) groups excluding carboxylic acids is 1. The third-order valence-corrected chi connectivity index (χ3v) is 3.10. The Bertz CT molecular complexity index is 461. The predicted octanol–water partition coefficient (Wildman–Crippen LogP) is 2.44. The molecule has 0 aliphatic carbocycles. The SMILES string of the molecule is NC(=O)c1csc(Cc2ccccc2)c1. The number of benzene rings is 1. The average molecular weight is 217 g/mol. The lowest BCUT2D eigenvalue weighted by molar-refractivity contribution is 0.100. The third-order valence-electron chi connectivity index (χ3n) is 2.16. The Hall–Kier alpha value is -1.61. The van der Waals surface area contributed by atoms with Gasteiger partial charge in [-0.2, -0.15) is 0 Å². The number of carbonyl (C=O) groups is 1. The molecule has 76 valence electrons. The van der Waals surface area contributed by atoms with E-state index in [4.69, 9.17) is 5.73 Å². The third kappa shape index (κ3) is 2.44. The molecule has 0 saturated heterocycles. The van der Waals surface area contributed by atoms with Crippen LogP contribution in [0.5, 0.6) is 0 Å². The Labute approximate surface area is 92.4 Å². The van der Waals surface area contributed by atoms with Gasteiger partial charge >= 0.3 is 0 Å². The number of thiophene rings is 1. The highest BCUT2D eigenvalue weighted by atomic mass is 32.1. The Balaban J connectivity index is 2.15. The predicted molar refractivity (Wildman–Crippen MR) is 62.1 cm³/mol. The van der Waals surface area contributed by atoms with Gasteiger partial charge in [-0.15, -0.1) is 11.3 Å². The standard InChI is InChI=1S/C12H11NOS/c13-12(14)10-7-11(15-8-10)6-9-4-2-1-3-5-9/h1-5,7-8H,6H2,(H2,13,14). The minimum Gasteiger partial charge on any atom is -0.366 e. The fourth-order valence-corrected chi connectivity index (χ4v) is 2.31. The van der Waals surface area contributed by atoms with Crippen LogP contribution >= 0.6 is 11.3 Å². The van der Waals surface area contributed by atoms with Crippen molar-refractivity contribution in [1.82, 2.24) is 0 Å². The quantitative estimate of drug-likeness (QED) is 0.843. The van der Waals surface area contributed by atoms with Gasteiger partial charge in [-0.1, -0.05) is 30.3 Å². The first-order chi connectivity index (χ1) is 7.25. The molecular weight excluding hydrogens is 206 g/mol. The first kappa shape index (κ1) is 9.93. The molecular formula is C12H11NOS. The molecule has 0 unspecified atom stereocenters. The summed E-state index contributed by atoms with van der Waals surface area (Å²) in [5.41, 5.74) is 7.04. The normalized spacial score (nSPS) is 10.1. The fourth-order valence-electron chi connectivity index (χ4n) is 1.40. The van der Waals surface area contributed by atoms with Crippen LogP contribution in [-0.4, -0.2) is 5.91 Å². The second-order valence-corrected chi connectivity index (χ2v) is 4.32. The molecule has 0 radical (unpaired) electrons. The maximum Gasteiger partial charge on any atom is 0.249 e. The Morgan fingerprint density at radius 3 is 2.60 bits per heavy atom. The van der Waals surface area contributed by atoms with Crippen LogP contribution in [0.2, 0.25) is 0 Å². The molecule has 0 saturated carbocycles. The molecule has 2 aromatic rings. The highest BCUT2D eigenvalue weighted by molar-refractivity contribution is 7.10. The monoisotopic (exact) mass is 217 g/mol. The van der Waals surface area contributed by atoms with Crippen LogP contribution in [0.1, 0.15) is 20.8 Å². The highest BCUT2D eigenvalue weighted by Crippen LogP contribution is 2.18. The molecule has 15 heavy (non-hydrogen) atoms. The summed E-state index contributed by atoms with van der Waals surface area (Å²) in [6.07, 6.45) is 0.860. The molecule has 3 heteroatoms. The summed E-state index contributed by atoms with van der Waals surface area (Å²) in [5, 5.41) is 1.81. The van der Waals surface area contributed by atoms with Crippen LogP contribution in [-0.2, 0) is 6.42 Å². The lowest BCUT2D eigenvalue weighted by atomic mass is 10.1. The van der Waals surface area contributed by atoms with Crippen molar-refractivity contribution in [3.8, 4) is 0 Å². The minimum absolute atomic E-state index is 0.356. The smallest absolute Gasteiger partial charge is 0.249 e. The zero-order valence-corrected chi connectivity index (χ0v) is 8.96. The minimum atomic E-state index is -0.356. The molecule has 1 aromatic heterocycles. The number of amides is 1. The molecule has 0 aliphatic heterocycles. The Kier molecular flexibility index (Phi) is 2.83. The van der Waals surface area contributed by atoms with Gasteiger partial charge in [0.15, 0.2) is 0 Å². The summed E-state index contributed by atoms with van der Waals surface area (Å²) < 4.78 is 0. The molecule has 0 fully saturated rings. The van der Waals surface area contributed by atoms with Crippen molar-refractivity contribution in [1.29, 1.82) is 0 Å². The van der Waals surface area contributed by atoms with Gasteiger partial charge in [-0.25, -0.2) is 0 Å². The van der Waals surface area contributed by atoms with Crippen molar-refractivity contribution in [3.05, 3.63) is 57.8 Å². The van der Waals surface area contributed by atoms with Gasteiger partial charge in [0.2, 0.25) is 5.91 Å². The average Bonchev–Trinajstić information content (AvgIpc) is 2.68. The van der Waals surface area contributed by atoms with E-state index in [1.165, 1.54) is 5.56 Å². The van der Waals surface area contributed by atoms with Gasteiger partial charge in [0, 0.05) is 16.7 Å². The Morgan fingerprint density at radius 2 is 2.00 bits per heavy atom. The van der Waals surface area contributed by atoms with Crippen LogP contribution in [0, 0.1) is 0 Å². The summed E-state index contributed by atoms with van der Waals surface area (Å²) in [7, 11) is 0. The summed E-state index contributed by atoms with van der Waals surface area (Å²) in [6, 6.07) is 12.0. The largest absolute Gasteiger partial charge is 0.366 e. The second-order valence-electron chi connectivity index (χ2n) is 3.33. The van der Waals surface area contributed by atoms with E-state index in [0.717, 1.165) is 11.3 Å². The van der Waals surface area contributed by atoms with Crippen molar-refractivity contribution in [2.24, 2.45) is 5.73 Å². The number of nitrogens with two attached hydrogens (primary N) is 1. The topological polar surface area (TPSA) is 43.1 Å². The van der Waals surface area contributed by atoms with E-state index in [1.54, 1.807) is 16.7 Å². The fraction of sp³-hybridized carbons (Fsp3) is 0.0833. The van der Waals surface area contributed by atoms with E-state index >= 15 is 0 Å². The van der Waals surface area contributed by atoms with E-state index in [0.29, 0.717) is 5.56 Å². The van der Waals surface area contributed by atoms with Gasteiger partial charge in [0.1, 0.15) is 0 Å². The summed E-state index contributed by atoms with van der Waals surface area (Å²) in [6.45, 7) is 0. The lowest BCUT2D eigenvalue weighted by Gasteiger charge is -1.96. The number of primary amides is 1. The van der Waals surface area contributed by atoms with Crippen LogP contribution < -0.4 is 5.73 Å². The van der Waals surface area contributed by atoms with E-state index in [9.17, 15) is 4.79 Å². The molecule has 0 spiro atoms. The van der Waals surface area contributed by atoms with Crippen LogP contribution in [0.25, 0.3) is 0 Å². The van der Waals surface area contributed by atoms with Crippen molar-refractivity contribution in [2.75, 3.05) is 0 Å². The zero-order chi connectivity index (χ0) is 10.7. The summed E-state index contributed by atoms with van der Waals surface area (Å²) in [5.74, 6) is -0.356. The van der Waals surface area contributed by atoms with E-state index in [2.05, 4.69) is 12.1 Å². The van der Waals surface area contributed by atoms with Crippen molar-refractivity contribution in [2.45, 2.75) is 6.42 Å². The van der Waals surface area contributed by atoms with Crippen LogP contribution in [0.15, 0.2) is 41.8 Å². The molecule has 0 bridgehead atoms. The molecule has 2 nitrogen and oxygen atoms in total. The van der Waals surface area contributed by atoms with Gasteiger partial charge in [-0.3, -0.25) is 4.79 Å². The van der Waals surface area contributed by atoms with Crippen LogP contribution in [0.3, 0.4) is 0 Å². The van der Waals surface area contributed by atoms with Gasteiger partial charge in [0.05, 0.1) is 5.56 Å². The number of hydrogen-bond donors (Lipinski definition) is 1. The summed E-state index contributed by atoms with van der Waals surface area (Å²) >= 11 is 1.57. The van der Waals surface area contributed by atoms with E-state index < -0.39 is 0 Å². The summed E-state index contributed by atoms with van der Waals surface area (Å²) in [4.78, 5) is 12.1. The Morgan fingerprint density at radius 1 is 1.27 bits per heavy atom. The zero-order valence-electron chi connectivity index (χ0n) is 8.14. The molecule has 1 amide bonds. The van der Waals surface area contributed by atoms with Crippen molar-refractivity contribution in [3.63, 3.8) is 0 Å². The molecule has 0 atom stereocenters. The number of hydrogen-bond acceptors (Lipinski definition) is 2. The first-order valence-electron chi connectivity index (χ1n) is 4.67. The molecule has 1 aromatic carbocycles. The van der Waals surface area contributed by atoms with E-state index in [-0.39, 0.29) is 5.91 Å². The highest BCUT2D eigenvalue weighted by Gasteiger charge is 2.04. The second kappa shape index (κ2) is 4.28. The first-order valence-corrected chi connectivity index (χ1v) is 5.55. The van der Waals surface area contributed by atoms with Crippen molar-refractivity contribution < 1.29 is 4.79 Å². The van der Waals surface area contributed by atoms with Crippen molar-refractivity contribution >= 4 is 17.2 Å². The molecule has 2 N–H and O–H groups in total. The molecule has 0 aliphatic rings.